The van der Waals surface area contributed by atoms with Crippen LogP contribution in [0.4, 0.5) is 0 Å². The second-order valence-corrected chi connectivity index (χ2v) is 5.42. The topological polar surface area (TPSA) is 21.3 Å². The molecule has 0 heterocycles. The molecule has 0 aromatic heterocycles. The van der Waals surface area contributed by atoms with E-state index in [-0.39, 0.29) is 5.54 Å². The molecule has 0 amide bonds. The highest BCUT2D eigenvalue weighted by molar-refractivity contribution is 4.73. The quantitative estimate of drug-likeness (QED) is 0.628. The standard InChI is InChI=1S/C13H29NO/c1-6-8-12(9-7-10-15-5)11-14-13(2,3)4/h12,14H,6-11H2,1-5H3. The fraction of sp³-hybridized carbons (Fsp3) is 1.00. The Morgan fingerprint density at radius 2 is 1.87 bits per heavy atom. The Bertz CT molecular complexity index is 140. The van der Waals surface area contributed by atoms with Crippen LogP contribution in [0.1, 0.15) is 53.4 Å². The largest absolute Gasteiger partial charge is 0.385 e. The molecule has 2 heteroatoms. The van der Waals surface area contributed by atoms with E-state index in [0.29, 0.717) is 0 Å². The van der Waals surface area contributed by atoms with Crippen LogP contribution >= 0.6 is 0 Å². The Kier molecular flexibility index (Phi) is 8.07. The summed E-state index contributed by atoms with van der Waals surface area (Å²) in [5, 5.41) is 3.59. The van der Waals surface area contributed by atoms with E-state index in [0.717, 1.165) is 19.1 Å². The van der Waals surface area contributed by atoms with Crippen LogP contribution in [-0.2, 0) is 4.74 Å². The molecule has 2 nitrogen and oxygen atoms in total. The summed E-state index contributed by atoms with van der Waals surface area (Å²) in [6, 6.07) is 0. The van der Waals surface area contributed by atoms with Gasteiger partial charge in [0.25, 0.3) is 0 Å². The van der Waals surface area contributed by atoms with Crippen molar-refractivity contribution in [1.29, 1.82) is 0 Å². The van der Waals surface area contributed by atoms with Crippen LogP contribution in [-0.4, -0.2) is 25.8 Å². The normalized spacial score (nSPS) is 14.2. The molecule has 0 radical (unpaired) electrons. The van der Waals surface area contributed by atoms with Gasteiger partial charge in [-0.15, -0.1) is 0 Å². The van der Waals surface area contributed by atoms with E-state index < -0.39 is 0 Å². The van der Waals surface area contributed by atoms with Crippen molar-refractivity contribution in [1.82, 2.24) is 5.32 Å². The van der Waals surface area contributed by atoms with Gasteiger partial charge < -0.3 is 10.1 Å². The van der Waals surface area contributed by atoms with Crippen molar-refractivity contribution in [3.8, 4) is 0 Å². The van der Waals surface area contributed by atoms with Crippen molar-refractivity contribution in [3.05, 3.63) is 0 Å². The minimum Gasteiger partial charge on any atom is -0.385 e. The van der Waals surface area contributed by atoms with Gasteiger partial charge in [0.2, 0.25) is 0 Å². The highest BCUT2D eigenvalue weighted by Gasteiger charge is 2.13. The molecule has 1 unspecified atom stereocenters. The summed E-state index contributed by atoms with van der Waals surface area (Å²) in [6.07, 6.45) is 5.08. The lowest BCUT2D eigenvalue weighted by Crippen LogP contribution is -2.39. The zero-order chi connectivity index (χ0) is 11.7. The molecule has 0 bridgehead atoms. The third-order valence-corrected chi connectivity index (χ3v) is 2.58. The maximum absolute atomic E-state index is 5.10. The monoisotopic (exact) mass is 215 g/mol. The molecule has 0 rings (SSSR count). The van der Waals surface area contributed by atoms with E-state index in [1.54, 1.807) is 7.11 Å². The molecule has 15 heavy (non-hydrogen) atoms. The summed E-state index contributed by atoms with van der Waals surface area (Å²) in [5.41, 5.74) is 0.243. The highest BCUT2D eigenvalue weighted by Crippen LogP contribution is 2.14. The van der Waals surface area contributed by atoms with Gasteiger partial charge in [0, 0.05) is 19.3 Å². The smallest absolute Gasteiger partial charge is 0.0462 e. The molecule has 0 aliphatic rings. The predicted octanol–water partition coefficient (Wildman–Crippen LogP) is 3.22. The Morgan fingerprint density at radius 1 is 1.20 bits per heavy atom. The summed E-state index contributed by atoms with van der Waals surface area (Å²) < 4.78 is 5.10. The zero-order valence-electron chi connectivity index (χ0n) is 11.2. The Hall–Kier alpha value is -0.0800. The number of hydrogen-bond acceptors (Lipinski definition) is 2. The lowest BCUT2D eigenvalue weighted by atomic mass is 9.96. The first-order valence-corrected chi connectivity index (χ1v) is 6.23. The van der Waals surface area contributed by atoms with Crippen molar-refractivity contribution >= 4 is 0 Å². The maximum atomic E-state index is 5.10. The van der Waals surface area contributed by atoms with E-state index in [2.05, 4.69) is 33.0 Å². The number of ether oxygens (including phenoxy) is 1. The van der Waals surface area contributed by atoms with Gasteiger partial charge in [-0.05, 0) is 52.5 Å². The van der Waals surface area contributed by atoms with Crippen LogP contribution in [0.15, 0.2) is 0 Å². The van der Waals surface area contributed by atoms with Crippen molar-refractivity contribution in [3.63, 3.8) is 0 Å². The first-order valence-electron chi connectivity index (χ1n) is 6.23. The zero-order valence-corrected chi connectivity index (χ0v) is 11.2. The van der Waals surface area contributed by atoms with Crippen LogP contribution in [0.25, 0.3) is 0 Å². The summed E-state index contributed by atoms with van der Waals surface area (Å²) in [4.78, 5) is 0. The minimum absolute atomic E-state index is 0.243. The van der Waals surface area contributed by atoms with Gasteiger partial charge in [0.1, 0.15) is 0 Å². The van der Waals surface area contributed by atoms with E-state index in [1.165, 1.54) is 25.7 Å². The van der Waals surface area contributed by atoms with Gasteiger partial charge >= 0.3 is 0 Å². The summed E-state index contributed by atoms with van der Waals surface area (Å²) in [5.74, 6) is 0.810. The third-order valence-electron chi connectivity index (χ3n) is 2.58. The maximum Gasteiger partial charge on any atom is 0.0462 e. The van der Waals surface area contributed by atoms with Crippen molar-refractivity contribution in [2.45, 2.75) is 58.9 Å². The minimum atomic E-state index is 0.243. The van der Waals surface area contributed by atoms with Crippen LogP contribution in [0, 0.1) is 5.92 Å². The average Bonchev–Trinajstić information content (AvgIpc) is 2.13. The van der Waals surface area contributed by atoms with E-state index in [9.17, 15) is 0 Å². The molecule has 1 N–H and O–H groups in total. The molecule has 0 aliphatic carbocycles. The summed E-state index contributed by atoms with van der Waals surface area (Å²) >= 11 is 0. The Morgan fingerprint density at radius 3 is 2.33 bits per heavy atom. The van der Waals surface area contributed by atoms with E-state index in [1.807, 2.05) is 0 Å². The van der Waals surface area contributed by atoms with Crippen molar-refractivity contribution in [2.75, 3.05) is 20.3 Å². The lowest BCUT2D eigenvalue weighted by Gasteiger charge is -2.25. The van der Waals surface area contributed by atoms with Crippen LogP contribution in [0.3, 0.4) is 0 Å². The number of hydrogen-bond donors (Lipinski definition) is 1. The molecule has 0 saturated heterocycles. The van der Waals surface area contributed by atoms with Gasteiger partial charge in [-0.3, -0.25) is 0 Å². The molecule has 92 valence electrons. The predicted molar refractivity (Wildman–Crippen MR) is 67.3 cm³/mol. The van der Waals surface area contributed by atoms with Crippen LogP contribution in [0.2, 0.25) is 0 Å². The molecular weight excluding hydrogens is 186 g/mol. The summed E-state index contributed by atoms with van der Waals surface area (Å²) in [6.45, 7) is 11.0. The first kappa shape index (κ1) is 14.9. The number of methoxy groups -OCH3 is 1. The fourth-order valence-electron chi connectivity index (χ4n) is 1.72. The van der Waals surface area contributed by atoms with Gasteiger partial charge in [0.15, 0.2) is 0 Å². The molecule has 0 fully saturated rings. The first-order chi connectivity index (χ1) is 6.99. The van der Waals surface area contributed by atoms with Crippen molar-refractivity contribution < 1.29 is 4.74 Å². The van der Waals surface area contributed by atoms with Gasteiger partial charge in [-0.1, -0.05) is 13.3 Å². The van der Waals surface area contributed by atoms with Crippen LogP contribution < -0.4 is 5.32 Å². The van der Waals surface area contributed by atoms with Gasteiger partial charge in [-0.25, -0.2) is 0 Å². The molecule has 0 aliphatic heterocycles. The molecule has 0 aromatic carbocycles. The lowest BCUT2D eigenvalue weighted by molar-refractivity contribution is 0.184. The molecule has 0 spiro atoms. The van der Waals surface area contributed by atoms with E-state index in [4.69, 9.17) is 4.74 Å². The number of rotatable bonds is 8. The molecule has 0 saturated carbocycles. The average molecular weight is 215 g/mol. The van der Waals surface area contributed by atoms with Crippen LogP contribution in [0.5, 0.6) is 0 Å². The second kappa shape index (κ2) is 8.12. The van der Waals surface area contributed by atoms with Gasteiger partial charge in [-0.2, -0.15) is 0 Å². The SMILES string of the molecule is CCCC(CCCOC)CNC(C)(C)C. The second-order valence-electron chi connectivity index (χ2n) is 5.42. The van der Waals surface area contributed by atoms with E-state index >= 15 is 0 Å². The molecule has 0 aromatic rings. The number of nitrogens with one attached hydrogen (secondary N) is 1. The molecular formula is C13H29NO. The third kappa shape index (κ3) is 10.2. The Labute approximate surface area is 95.8 Å². The summed E-state index contributed by atoms with van der Waals surface area (Å²) in [7, 11) is 1.78. The van der Waals surface area contributed by atoms with Crippen molar-refractivity contribution in [2.24, 2.45) is 5.92 Å². The van der Waals surface area contributed by atoms with Gasteiger partial charge in [0.05, 0.1) is 0 Å². The molecule has 1 atom stereocenters. The Balaban J connectivity index is 3.72. The highest BCUT2D eigenvalue weighted by atomic mass is 16.5. The fourth-order valence-corrected chi connectivity index (χ4v) is 1.72.